The van der Waals surface area contributed by atoms with Crippen LogP contribution in [-0.2, 0) is 11.3 Å². The van der Waals surface area contributed by atoms with Gasteiger partial charge in [0.1, 0.15) is 0 Å². The molecule has 0 unspecified atom stereocenters. The predicted molar refractivity (Wildman–Crippen MR) is 75.7 cm³/mol. The Bertz CT molecular complexity index is 543. The number of hydrogen-bond donors (Lipinski definition) is 1. The third-order valence-corrected chi connectivity index (χ3v) is 2.89. The topological polar surface area (TPSA) is 44.5 Å². The van der Waals surface area contributed by atoms with Gasteiger partial charge in [-0.2, -0.15) is 0 Å². The molecule has 2 N–H and O–H groups in total. The van der Waals surface area contributed by atoms with Crippen molar-refractivity contribution in [1.82, 2.24) is 0 Å². The summed E-state index contributed by atoms with van der Waals surface area (Å²) in [6.45, 7) is 2.24. The molecule has 0 saturated heterocycles. The van der Waals surface area contributed by atoms with Gasteiger partial charge in [-0.3, -0.25) is 0 Å². The van der Waals surface area contributed by atoms with E-state index in [9.17, 15) is 4.39 Å². The molecule has 0 heterocycles. The quantitative estimate of drug-likeness (QED) is 0.649. The lowest BCUT2D eigenvalue weighted by molar-refractivity contribution is 0.00301. The third kappa shape index (κ3) is 4.05. The first-order valence-corrected chi connectivity index (χ1v) is 6.46. The number of ether oxygens (including phenoxy) is 2. The van der Waals surface area contributed by atoms with Gasteiger partial charge in [-0.1, -0.05) is 36.4 Å². The number of nitrogens with two attached hydrogens (primary N) is 1. The minimum absolute atomic E-state index is 0.00331. The Morgan fingerprint density at radius 2 is 1.90 bits per heavy atom. The molecule has 0 radical (unpaired) electrons. The van der Waals surface area contributed by atoms with Gasteiger partial charge in [-0.25, -0.2) is 4.39 Å². The van der Waals surface area contributed by atoms with Gasteiger partial charge in [0.05, 0.1) is 6.61 Å². The first-order valence-electron chi connectivity index (χ1n) is 6.46. The second-order valence-corrected chi connectivity index (χ2v) is 4.57. The predicted octanol–water partition coefficient (Wildman–Crippen LogP) is 3.40. The molecule has 106 valence electrons. The molecule has 0 aliphatic heterocycles. The van der Waals surface area contributed by atoms with E-state index in [2.05, 4.69) is 0 Å². The third-order valence-electron chi connectivity index (χ3n) is 2.89. The fourth-order valence-corrected chi connectivity index (χ4v) is 1.76. The van der Waals surface area contributed by atoms with Crippen molar-refractivity contribution in [2.75, 3.05) is 6.79 Å². The highest BCUT2D eigenvalue weighted by molar-refractivity contribution is 5.30. The maximum Gasteiger partial charge on any atom is 0.189 e. The molecule has 0 aromatic heterocycles. The number of hydrogen-bond acceptors (Lipinski definition) is 3. The monoisotopic (exact) mass is 275 g/mol. The van der Waals surface area contributed by atoms with Crippen LogP contribution in [0, 0.1) is 5.82 Å². The Morgan fingerprint density at radius 3 is 2.55 bits per heavy atom. The highest BCUT2D eigenvalue weighted by atomic mass is 19.1. The van der Waals surface area contributed by atoms with E-state index in [-0.39, 0.29) is 18.6 Å². The number of benzene rings is 2. The zero-order chi connectivity index (χ0) is 14.4. The summed E-state index contributed by atoms with van der Waals surface area (Å²) in [5, 5.41) is 0. The van der Waals surface area contributed by atoms with E-state index in [1.807, 2.05) is 30.3 Å². The average molecular weight is 275 g/mol. The highest BCUT2D eigenvalue weighted by Gasteiger charge is 2.07. The average Bonchev–Trinajstić information content (AvgIpc) is 2.46. The van der Waals surface area contributed by atoms with E-state index >= 15 is 0 Å². The molecule has 3 nitrogen and oxygen atoms in total. The van der Waals surface area contributed by atoms with Crippen molar-refractivity contribution in [2.24, 2.45) is 5.73 Å². The lowest BCUT2D eigenvalue weighted by Gasteiger charge is -2.10. The van der Waals surface area contributed by atoms with E-state index in [1.54, 1.807) is 19.1 Å². The van der Waals surface area contributed by atoms with Crippen LogP contribution in [-0.4, -0.2) is 6.79 Å². The van der Waals surface area contributed by atoms with Gasteiger partial charge in [0.15, 0.2) is 18.4 Å². The van der Waals surface area contributed by atoms with Gasteiger partial charge in [-0.15, -0.1) is 0 Å². The molecule has 0 fully saturated rings. The highest BCUT2D eigenvalue weighted by Crippen LogP contribution is 2.21. The van der Waals surface area contributed by atoms with Crippen LogP contribution in [0.1, 0.15) is 24.1 Å². The first kappa shape index (κ1) is 14.5. The fraction of sp³-hybridized carbons (Fsp3) is 0.250. The molecular formula is C16H18FNO2. The SMILES string of the molecule is C[C@H](N)c1ccc(OCOCc2ccccc2)c(F)c1. The number of halogens is 1. The van der Waals surface area contributed by atoms with Crippen LogP contribution in [0.4, 0.5) is 4.39 Å². The molecule has 0 amide bonds. The zero-order valence-corrected chi connectivity index (χ0v) is 11.4. The van der Waals surface area contributed by atoms with E-state index in [0.717, 1.165) is 11.1 Å². The Hall–Kier alpha value is -1.91. The smallest absolute Gasteiger partial charge is 0.189 e. The molecule has 0 saturated carbocycles. The van der Waals surface area contributed by atoms with Crippen molar-refractivity contribution < 1.29 is 13.9 Å². The van der Waals surface area contributed by atoms with E-state index in [4.69, 9.17) is 15.2 Å². The molecule has 4 heteroatoms. The fourth-order valence-electron chi connectivity index (χ4n) is 1.76. The van der Waals surface area contributed by atoms with Crippen molar-refractivity contribution in [3.05, 3.63) is 65.5 Å². The van der Waals surface area contributed by atoms with Gasteiger partial charge in [0, 0.05) is 6.04 Å². The summed E-state index contributed by atoms with van der Waals surface area (Å²) in [6, 6.07) is 14.2. The largest absolute Gasteiger partial charge is 0.464 e. The van der Waals surface area contributed by atoms with Crippen LogP contribution < -0.4 is 10.5 Å². The summed E-state index contributed by atoms with van der Waals surface area (Å²) in [5.41, 5.74) is 7.47. The first-order chi connectivity index (χ1) is 9.66. The zero-order valence-electron chi connectivity index (χ0n) is 11.4. The van der Waals surface area contributed by atoms with Crippen molar-refractivity contribution in [1.29, 1.82) is 0 Å². The van der Waals surface area contributed by atoms with Crippen LogP contribution in [0.15, 0.2) is 48.5 Å². The van der Waals surface area contributed by atoms with E-state index < -0.39 is 5.82 Å². The number of rotatable bonds is 6. The lowest BCUT2D eigenvalue weighted by Crippen LogP contribution is -2.07. The van der Waals surface area contributed by atoms with Gasteiger partial charge < -0.3 is 15.2 Å². The summed E-state index contributed by atoms with van der Waals surface area (Å²) in [7, 11) is 0. The Kier molecular flexibility index (Phi) is 5.09. The molecule has 2 aromatic carbocycles. The Balaban J connectivity index is 1.82. The second kappa shape index (κ2) is 7.03. The standard InChI is InChI=1S/C16H18FNO2/c1-12(18)14-7-8-16(15(17)9-14)20-11-19-10-13-5-3-2-4-6-13/h2-9,12H,10-11,18H2,1H3/t12-/m0/s1. The normalized spacial score (nSPS) is 12.2. The van der Waals surface area contributed by atoms with Gasteiger partial charge in [-0.05, 0) is 30.2 Å². The molecule has 0 aliphatic rings. The molecule has 2 aromatic rings. The minimum atomic E-state index is -0.428. The van der Waals surface area contributed by atoms with Gasteiger partial charge >= 0.3 is 0 Å². The van der Waals surface area contributed by atoms with Crippen LogP contribution in [0.3, 0.4) is 0 Å². The van der Waals surface area contributed by atoms with Crippen LogP contribution in [0.25, 0.3) is 0 Å². The van der Waals surface area contributed by atoms with Crippen molar-refractivity contribution in [2.45, 2.75) is 19.6 Å². The Labute approximate surface area is 118 Å². The van der Waals surface area contributed by atoms with Crippen molar-refractivity contribution >= 4 is 0 Å². The molecule has 1 atom stereocenters. The van der Waals surface area contributed by atoms with Gasteiger partial charge in [0.25, 0.3) is 0 Å². The second-order valence-electron chi connectivity index (χ2n) is 4.57. The van der Waals surface area contributed by atoms with E-state index in [0.29, 0.717) is 6.61 Å². The van der Waals surface area contributed by atoms with Crippen LogP contribution in [0.5, 0.6) is 5.75 Å². The molecular weight excluding hydrogens is 257 g/mol. The molecule has 0 bridgehead atoms. The van der Waals surface area contributed by atoms with Crippen molar-refractivity contribution in [3.8, 4) is 5.75 Å². The molecule has 2 rings (SSSR count). The van der Waals surface area contributed by atoms with Crippen LogP contribution in [0.2, 0.25) is 0 Å². The maximum atomic E-state index is 13.7. The molecule has 20 heavy (non-hydrogen) atoms. The molecule has 0 aliphatic carbocycles. The summed E-state index contributed by atoms with van der Waals surface area (Å²) >= 11 is 0. The summed E-state index contributed by atoms with van der Waals surface area (Å²) in [5.74, 6) is -0.259. The summed E-state index contributed by atoms with van der Waals surface area (Å²) in [6.07, 6.45) is 0. The molecule has 0 spiro atoms. The maximum absolute atomic E-state index is 13.7. The van der Waals surface area contributed by atoms with Crippen molar-refractivity contribution in [3.63, 3.8) is 0 Å². The minimum Gasteiger partial charge on any atom is -0.464 e. The van der Waals surface area contributed by atoms with E-state index in [1.165, 1.54) is 6.07 Å². The van der Waals surface area contributed by atoms with Crippen LogP contribution >= 0.6 is 0 Å². The lowest BCUT2D eigenvalue weighted by atomic mass is 10.1. The Morgan fingerprint density at radius 1 is 1.15 bits per heavy atom. The summed E-state index contributed by atoms with van der Waals surface area (Å²) in [4.78, 5) is 0. The summed E-state index contributed by atoms with van der Waals surface area (Å²) < 4.78 is 24.3. The van der Waals surface area contributed by atoms with Gasteiger partial charge in [0.2, 0.25) is 0 Å².